The van der Waals surface area contributed by atoms with Crippen LogP contribution in [0.25, 0.3) is 10.2 Å². The molecule has 0 aliphatic heterocycles. The maximum atomic E-state index is 13.6. The first-order chi connectivity index (χ1) is 27.4. The zero-order valence-electron chi connectivity index (χ0n) is 34.5. The minimum Gasteiger partial charge on any atom is -0.460 e. The quantitative estimate of drug-likeness (QED) is 0.0760. The van der Waals surface area contributed by atoms with Crippen molar-refractivity contribution in [2.45, 2.75) is 117 Å². The number of likely N-dealkylation sites (N-methyl/N-ethyl adjacent to an activating group) is 1. The first-order valence-electron chi connectivity index (χ1n) is 20.6. The number of fused-ring (bicyclic) bond motifs is 1. The van der Waals surface area contributed by atoms with Crippen molar-refractivity contribution in [1.29, 1.82) is 0 Å². The van der Waals surface area contributed by atoms with Crippen LogP contribution in [0.2, 0.25) is 0 Å². The van der Waals surface area contributed by atoms with Gasteiger partial charge in [0.1, 0.15) is 17.8 Å². The summed E-state index contributed by atoms with van der Waals surface area (Å²) < 4.78 is 18.9. The first-order valence-corrected chi connectivity index (χ1v) is 21.4. The number of carbonyl (C=O) groups excluding carboxylic acids is 5. The third kappa shape index (κ3) is 15.2. The van der Waals surface area contributed by atoms with Gasteiger partial charge in [-0.05, 0) is 108 Å². The molecule has 0 radical (unpaired) electrons. The Labute approximate surface area is 341 Å². The van der Waals surface area contributed by atoms with E-state index in [0.717, 1.165) is 47.2 Å². The number of amides is 4. The van der Waals surface area contributed by atoms with Crippen LogP contribution in [0.15, 0.2) is 41.8 Å². The van der Waals surface area contributed by atoms with E-state index in [2.05, 4.69) is 28.9 Å². The Morgan fingerprint density at radius 2 is 1.61 bits per heavy atom. The Hall–Kier alpha value is -4.27. The zero-order valence-corrected chi connectivity index (χ0v) is 35.3. The molecule has 4 amide bonds. The minimum absolute atomic E-state index is 0.0294. The average molecular weight is 810 g/mol. The number of rotatable bonds is 23. The number of benzene rings is 1. The van der Waals surface area contributed by atoms with Gasteiger partial charge in [0.05, 0.1) is 43.1 Å². The standard InChI is InChI=1S/C43H63N5O8S/c1-6-31-12-11-13-34(28-31)47(7-2)39(50)30-48-35-20-27-57-37(35)29-36(48)42(53)46-33-17-15-32(16-18-33)41(52)45-21-10-8-9-14-38(49)44-22-24-55-26-25-54-23-19-40(51)56-43(3,4)5/h11-13,20,27-29,32-33H,6-10,14-19,21-26,30H2,1-5H3,(H,44,49)(H,45,52)(H,46,53). The van der Waals surface area contributed by atoms with Crippen LogP contribution in [0.5, 0.6) is 0 Å². The molecule has 314 valence electrons. The van der Waals surface area contributed by atoms with Crippen LogP contribution in [0.3, 0.4) is 0 Å². The van der Waals surface area contributed by atoms with E-state index >= 15 is 0 Å². The number of aromatic nitrogens is 1. The van der Waals surface area contributed by atoms with Crippen molar-refractivity contribution < 1.29 is 38.2 Å². The van der Waals surface area contributed by atoms with Gasteiger partial charge in [-0.25, -0.2) is 0 Å². The summed E-state index contributed by atoms with van der Waals surface area (Å²) in [5, 5.41) is 11.1. The number of esters is 1. The second-order valence-corrected chi connectivity index (χ2v) is 16.4. The molecule has 0 unspecified atom stereocenters. The number of thiophene rings is 1. The molecular weight excluding hydrogens is 747 g/mol. The number of nitrogens with zero attached hydrogens (tertiary/aromatic N) is 2. The molecule has 1 saturated carbocycles. The van der Waals surface area contributed by atoms with Gasteiger partial charge < -0.3 is 39.6 Å². The molecule has 3 N–H and O–H groups in total. The molecule has 57 heavy (non-hydrogen) atoms. The fourth-order valence-electron chi connectivity index (χ4n) is 6.93. The summed E-state index contributed by atoms with van der Waals surface area (Å²) in [4.78, 5) is 65.8. The molecule has 0 bridgehead atoms. The number of aryl methyl sites for hydroxylation is 1. The molecule has 1 aromatic carbocycles. The lowest BCUT2D eigenvalue weighted by Crippen LogP contribution is -2.42. The number of hydrogen-bond donors (Lipinski definition) is 3. The third-order valence-corrected chi connectivity index (χ3v) is 10.8. The van der Waals surface area contributed by atoms with Crippen molar-refractivity contribution in [2.24, 2.45) is 5.92 Å². The Morgan fingerprint density at radius 1 is 0.860 bits per heavy atom. The summed E-state index contributed by atoms with van der Waals surface area (Å²) in [6.07, 6.45) is 6.65. The number of carbonyl (C=O) groups is 5. The van der Waals surface area contributed by atoms with Crippen molar-refractivity contribution in [2.75, 3.05) is 51.0 Å². The van der Waals surface area contributed by atoms with Gasteiger partial charge in [-0.15, -0.1) is 11.3 Å². The predicted octanol–water partition coefficient (Wildman–Crippen LogP) is 6.16. The van der Waals surface area contributed by atoms with E-state index in [1.54, 1.807) is 16.2 Å². The van der Waals surface area contributed by atoms with Crippen molar-refractivity contribution in [3.63, 3.8) is 0 Å². The molecule has 2 heterocycles. The SMILES string of the molecule is CCc1cccc(N(CC)C(=O)Cn2c(C(=O)NC3CCC(C(=O)NCCCCCC(=O)NCCOCCOCCC(=O)OC(C)(C)C)CC3)cc3sccc32)c1. The van der Waals surface area contributed by atoms with E-state index in [9.17, 15) is 24.0 Å². The molecule has 13 nitrogen and oxygen atoms in total. The molecular formula is C43H63N5O8S. The van der Waals surface area contributed by atoms with Crippen molar-refractivity contribution in [3.8, 4) is 0 Å². The number of hydrogen-bond acceptors (Lipinski definition) is 9. The smallest absolute Gasteiger partial charge is 0.308 e. The molecule has 0 atom stereocenters. The Kier molecular flexibility index (Phi) is 18.5. The highest BCUT2D eigenvalue weighted by molar-refractivity contribution is 7.17. The second-order valence-electron chi connectivity index (χ2n) is 15.5. The number of anilines is 1. The van der Waals surface area contributed by atoms with E-state index < -0.39 is 5.60 Å². The van der Waals surface area contributed by atoms with Crippen molar-refractivity contribution >= 4 is 56.8 Å². The Balaban J connectivity index is 1.07. The fraction of sp³-hybridized carbons (Fsp3) is 0.605. The average Bonchev–Trinajstić information content (AvgIpc) is 3.78. The lowest BCUT2D eigenvalue weighted by molar-refractivity contribution is -0.156. The highest BCUT2D eigenvalue weighted by Gasteiger charge is 2.29. The molecule has 1 aliphatic rings. The van der Waals surface area contributed by atoms with Crippen molar-refractivity contribution in [3.05, 3.63) is 53.0 Å². The van der Waals surface area contributed by atoms with Gasteiger partial charge >= 0.3 is 5.97 Å². The number of ether oxygens (including phenoxy) is 3. The van der Waals surface area contributed by atoms with Gasteiger partial charge in [0.2, 0.25) is 17.7 Å². The number of unbranched alkanes of at least 4 members (excludes halogenated alkanes) is 2. The first kappa shape index (κ1) is 45.4. The molecule has 2 aromatic heterocycles. The largest absolute Gasteiger partial charge is 0.460 e. The molecule has 1 aliphatic carbocycles. The van der Waals surface area contributed by atoms with Gasteiger partial charge in [0.25, 0.3) is 5.91 Å². The normalized spacial score (nSPS) is 15.6. The summed E-state index contributed by atoms with van der Waals surface area (Å²) in [6.45, 7) is 12.5. The van der Waals surface area contributed by atoms with E-state index in [1.807, 2.05) is 68.0 Å². The summed E-state index contributed by atoms with van der Waals surface area (Å²) >= 11 is 1.55. The maximum absolute atomic E-state index is 13.6. The summed E-state index contributed by atoms with van der Waals surface area (Å²) in [5.41, 5.74) is 2.86. The highest BCUT2D eigenvalue weighted by atomic mass is 32.1. The molecule has 14 heteroatoms. The molecule has 0 saturated heterocycles. The van der Waals surface area contributed by atoms with Crippen LogP contribution in [0.1, 0.15) is 108 Å². The van der Waals surface area contributed by atoms with E-state index in [0.29, 0.717) is 77.3 Å². The lowest BCUT2D eigenvalue weighted by atomic mass is 9.85. The predicted molar refractivity (Wildman–Crippen MR) is 223 cm³/mol. The summed E-state index contributed by atoms with van der Waals surface area (Å²) in [6, 6.07) is 11.8. The van der Waals surface area contributed by atoms with Gasteiger partial charge in [0, 0.05) is 43.7 Å². The van der Waals surface area contributed by atoms with Crippen LogP contribution < -0.4 is 20.9 Å². The van der Waals surface area contributed by atoms with Gasteiger partial charge in [-0.3, -0.25) is 24.0 Å². The highest BCUT2D eigenvalue weighted by Crippen LogP contribution is 2.28. The Bertz CT molecular complexity index is 1760. The lowest BCUT2D eigenvalue weighted by Gasteiger charge is -2.28. The molecule has 0 spiro atoms. The van der Waals surface area contributed by atoms with E-state index in [-0.39, 0.29) is 61.1 Å². The van der Waals surface area contributed by atoms with Gasteiger partial charge in [-0.1, -0.05) is 25.5 Å². The van der Waals surface area contributed by atoms with Crippen LogP contribution in [0.4, 0.5) is 5.69 Å². The monoisotopic (exact) mass is 809 g/mol. The molecule has 1 fully saturated rings. The van der Waals surface area contributed by atoms with Gasteiger partial charge in [-0.2, -0.15) is 0 Å². The maximum Gasteiger partial charge on any atom is 0.308 e. The van der Waals surface area contributed by atoms with Crippen LogP contribution >= 0.6 is 11.3 Å². The fourth-order valence-corrected chi connectivity index (χ4v) is 7.75. The topological polar surface area (TPSA) is 157 Å². The zero-order chi connectivity index (χ0) is 41.2. The van der Waals surface area contributed by atoms with Crippen LogP contribution in [-0.4, -0.2) is 91.9 Å². The minimum atomic E-state index is -0.504. The second kappa shape index (κ2) is 23.2. The van der Waals surface area contributed by atoms with Crippen LogP contribution in [0, 0.1) is 5.92 Å². The summed E-state index contributed by atoms with van der Waals surface area (Å²) in [5.74, 6) is -0.645. The molecule has 3 aromatic rings. The summed E-state index contributed by atoms with van der Waals surface area (Å²) in [7, 11) is 0. The van der Waals surface area contributed by atoms with Gasteiger partial charge in [0.15, 0.2) is 0 Å². The van der Waals surface area contributed by atoms with E-state index in [1.165, 1.54) is 0 Å². The number of nitrogens with one attached hydrogen (secondary N) is 3. The third-order valence-electron chi connectivity index (χ3n) is 9.92. The Morgan fingerprint density at radius 3 is 2.33 bits per heavy atom. The van der Waals surface area contributed by atoms with Crippen molar-refractivity contribution in [1.82, 2.24) is 20.5 Å². The van der Waals surface area contributed by atoms with Crippen LogP contribution in [-0.2, 0) is 46.4 Å². The molecule has 4 rings (SSSR count). The van der Waals surface area contributed by atoms with E-state index in [4.69, 9.17) is 14.2 Å².